The van der Waals surface area contributed by atoms with Crippen LogP contribution in [-0.4, -0.2) is 44.9 Å². The number of nitrogens with one attached hydrogen (secondary N) is 1. The molecule has 1 aromatic heterocycles. The third-order valence-corrected chi connectivity index (χ3v) is 7.16. The number of fused-ring (bicyclic) bond motifs is 1. The minimum Gasteiger partial charge on any atom is -0.497 e. The number of rotatable bonds is 9. The summed E-state index contributed by atoms with van der Waals surface area (Å²) in [5, 5.41) is 11.7. The lowest BCUT2D eigenvalue weighted by Crippen LogP contribution is -2.47. The van der Waals surface area contributed by atoms with Crippen molar-refractivity contribution in [3.05, 3.63) is 90.0 Å². The molecule has 0 radical (unpaired) electrons. The highest BCUT2D eigenvalue weighted by molar-refractivity contribution is 5.89. The van der Waals surface area contributed by atoms with Crippen molar-refractivity contribution in [2.45, 2.75) is 57.3 Å². The van der Waals surface area contributed by atoms with E-state index in [0.29, 0.717) is 0 Å². The second-order valence-corrected chi connectivity index (χ2v) is 9.76. The zero-order valence-corrected chi connectivity index (χ0v) is 21.6. The van der Waals surface area contributed by atoms with E-state index in [0.717, 1.165) is 53.6 Å². The van der Waals surface area contributed by atoms with Crippen molar-refractivity contribution in [1.82, 2.24) is 25.2 Å². The molecule has 1 N–H and O–H groups in total. The summed E-state index contributed by atoms with van der Waals surface area (Å²) in [6.07, 6.45) is 5.33. The first-order valence-corrected chi connectivity index (χ1v) is 13.2. The maximum absolute atomic E-state index is 14.0. The number of hydrogen-bond acceptors (Lipinski definition) is 5. The van der Waals surface area contributed by atoms with E-state index < -0.39 is 6.04 Å². The van der Waals surface area contributed by atoms with Gasteiger partial charge in [-0.25, -0.2) is 4.68 Å². The summed E-state index contributed by atoms with van der Waals surface area (Å²) >= 11 is 0. The first-order valence-electron chi connectivity index (χ1n) is 13.2. The number of methoxy groups -OCH3 is 1. The molecule has 1 heterocycles. The molecule has 4 aromatic rings. The maximum atomic E-state index is 14.0. The minimum absolute atomic E-state index is 0.0310. The van der Waals surface area contributed by atoms with E-state index in [1.54, 1.807) is 16.7 Å². The van der Waals surface area contributed by atoms with Crippen molar-refractivity contribution in [3.63, 3.8) is 0 Å². The van der Waals surface area contributed by atoms with Crippen molar-refractivity contribution in [1.29, 1.82) is 0 Å². The molecule has 0 bridgehead atoms. The number of aromatic nitrogens is 3. The normalized spacial score (nSPS) is 14.7. The largest absolute Gasteiger partial charge is 0.497 e. The van der Waals surface area contributed by atoms with Gasteiger partial charge in [0.1, 0.15) is 23.9 Å². The van der Waals surface area contributed by atoms with Crippen LogP contribution in [0.4, 0.5) is 0 Å². The Kier molecular flexibility index (Phi) is 7.97. The molecule has 1 aliphatic rings. The molecule has 1 fully saturated rings. The number of amides is 2. The zero-order valence-electron chi connectivity index (χ0n) is 21.6. The van der Waals surface area contributed by atoms with Gasteiger partial charge in [-0.2, -0.15) is 0 Å². The molecule has 1 aliphatic carbocycles. The number of para-hydroxylation sites is 1. The fourth-order valence-electron chi connectivity index (χ4n) is 5.14. The highest BCUT2D eigenvalue weighted by atomic mass is 16.5. The molecule has 0 spiro atoms. The molecule has 1 saturated carbocycles. The van der Waals surface area contributed by atoms with Crippen LogP contribution in [-0.2, 0) is 22.7 Å². The Bertz CT molecular complexity index is 1360. The third kappa shape index (κ3) is 5.85. The third-order valence-electron chi connectivity index (χ3n) is 7.16. The van der Waals surface area contributed by atoms with E-state index in [-0.39, 0.29) is 30.9 Å². The van der Waals surface area contributed by atoms with Crippen molar-refractivity contribution in [2.75, 3.05) is 7.11 Å². The number of carbonyl (C=O) groups excluding carboxylic acids is 2. The topological polar surface area (TPSA) is 89.3 Å². The molecule has 1 atom stereocenters. The molecule has 8 heteroatoms. The van der Waals surface area contributed by atoms with Crippen LogP contribution >= 0.6 is 0 Å². The van der Waals surface area contributed by atoms with E-state index in [1.165, 1.54) is 6.42 Å². The molecule has 196 valence electrons. The van der Waals surface area contributed by atoms with Crippen LogP contribution < -0.4 is 10.1 Å². The number of carbonyl (C=O) groups is 2. The molecular formula is C30H33N5O3. The lowest BCUT2D eigenvalue weighted by Gasteiger charge is -2.33. The van der Waals surface area contributed by atoms with Crippen LogP contribution in [0.5, 0.6) is 5.75 Å². The number of hydrogen-bond donors (Lipinski definition) is 1. The van der Waals surface area contributed by atoms with Gasteiger partial charge >= 0.3 is 0 Å². The minimum atomic E-state index is -0.789. The molecule has 0 saturated heterocycles. The van der Waals surface area contributed by atoms with Crippen LogP contribution in [0.3, 0.4) is 0 Å². The predicted octanol–water partition coefficient (Wildman–Crippen LogP) is 4.66. The summed E-state index contributed by atoms with van der Waals surface area (Å²) in [7, 11) is 1.62. The Morgan fingerprint density at radius 1 is 0.974 bits per heavy atom. The van der Waals surface area contributed by atoms with Gasteiger partial charge in [-0.3, -0.25) is 9.59 Å². The highest BCUT2D eigenvalue weighted by Crippen LogP contribution is 2.27. The summed E-state index contributed by atoms with van der Waals surface area (Å²) in [4.78, 5) is 29.6. The summed E-state index contributed by atoms with van der Waals surface area (Å²) in [5.41, 5.74) is 3.16. The molecular weight excluding hydrogens is 478 g/mol. The lowest BCUT2D eigenvalue weighted by atomic mass is 9.94. The molecule has 0 unspecified atom stereocenters. The Morgan fingerprint density at radius 3 is 2.42 bits per heavy atom. The monoisotopic (exact) mass is 511 g/mol. The Morgan fingerprint density at radius 2 is 1.68 bits per heavy atom. The first-order chi connectivity index (χ1) is 18.6. The molecule has 3 aromatic carbocycles. The van der Waals surface area contributed by atoms with E-state index in [2.05, 4.69) is 15.6 Å². The maximum Gasteiger partial charge on any atom is 0.247 e. The van der Waals surface area contributed by atoms with Crippen molar-refractivity contribution >= 4 is 22.8 Å². The van der Waals surface area contributed by atoms with Crippen molar-refractivity contribution < 1.29 is 14.3 Å². The van der Waals surface area contributed by atoms with Gasteiger partial charge in [0, 0.05) is 12.6 Å². The molecule has 38 heavy (non-hydrogen) atoms. The lowest BCUT2D eigenvalue weighted by molar-refractivity contribution is -0.142. The zero-order chi connectivity index (χ0) is 26.3. The van der Waals surface area contributed by atoms with E-state index >= 15 is 0 Å². The van der Waals surface area contributed by atoms with Crippen LogP contribution in [0.15, 0.2) is 78.9 Å². The van der Waals surface area contributed by atoms with Gasteiger partial charge in [-0.1, -0.05) is 79.1 Å². The predicted molar refractivity (Wildman–Crippen MR) is 145 cm³/mol. The average molecular weight is 512 g/mol. The first kappa shape index (κ1) is 25.4. The van der Waals surface area contributed by atoms with E-state index in [1.807, 2.05) is 78.9 Å². The van der Waals surface area contributed by atoms with Crippen LogP contribution in [0.1, 0.15) is 49.3 Å². The standard InChI is InChI=1S/C30H33N5O3/c1-38-25-18-16-22(17-19-25)20-34(28(36)21-35-27-15-9-8-14-26(27)32-33-35)29(23-10-4-2-5-11-23)30(37)31-24-12-6-3-7-13-24/h2,4-5,8-11,14-19,24,29H,3,6-7,12-13,20-21H2,1H3,(H,31,37)/t29-/m1/s1. The molecule has 0 aliphatic heterocycles. The Hall–Kier alpha value is -4.20. The highest BCUT2D eigenvalue weighted by Gasteiger charge is 2.33. The van der Waals surface area contributed by atoms with Crippen molar-refractivity contribution in [2.24, 2.45) is 0 Å². The summed E-state index contributed by atoms with van der Waals surface area (Å²) < 4.78 is 6.91. The van der Waals surface area contributed by atoms with E-state index in [9.17, 15) is 9.59 Å². The quantitative estimate of drug-likeness (QED) is 0.353. The smallest absolute Gasteiger partial charge is 0.247 e. The molecule has 8 nitrogen and oxygen atoms in total. The number of benzene rings is 3. The van der Waals surface area contributed by atoms with Gasteiger partial charge in [0.05, 0.1) is 12.6 Å². The van der Waals surface area contributed by atoms with Crippen LogP contribution in [0.2, 0.25) is 0 Å². The van der Waals surface area contributed by atoms with Gasteiger partial charge in [0.25, 0.3) is 0 Å². The van der Waals surface area contributed by atoms with Crippen LogP contribution in [0, 0.1) is 0 Å². The molecule has 2 amide bonds. The van der Waals surface area contributed by atoms with Gasteiger partial charge in [-0.15, -0.1) is 5.10 Å². The van der Waals surface area contributed by atoms with E-state index in [4.69, 9.17) is 4.74 Å². The second-order valence-electron chi connectivity index (χ2n) is 9.76. The Labute approximate surface area is 222 Å². The van der Waals surface area contributed by atoms with Gasteiger partial charge in [0.15, 0.2) is 0 Å². The Balaban J connectivity index is 1.50. The van der Waals surface area contributed by atoms with Gasteiger partial charge in [0.2, 0.25) is 11.8 Å². The molecule has 5 rings (SSSR count). The fraction of sp³-hybridized carbons (Fsp3) is 0.333. The van der Waals surface area contributed by atoms with Gasteiger partial charge in [-0.05, 0) is 48.2 Å². The van der Waals surface area contributed by atoms with Crippen LogP contribution in [0.25, 0.3) is 11.0 Å². The fourth-order valence-corrected chi connectivity index (χ4v) is 5.14. The SMILES string of the molecule is COc1ccc(CN(C(=O)Cn2nnc3ccccc32)[C@@H](C(=O)NC2CCCCC2)c2ccccc2)cc1. The summed E-state index contributed by atoms with van der Waals surface area (Å²) in [6.45, 7) is 0.226. The summed E-state index contributed by atoms with van der Waals surface area (Å²) in [6, 6.07) is 24.0. The second kappa shape index (κ2) is 11.9. The van der Waals surface area contributed by atoms with Crippen molar-refractivity contribution in [3.8, 4) is 5.75 Å². The van der Waals surface area contributed by atoms with Gasteiger partial charge < -0.3 is 15.0 Å². The number of nitrogens with zero attached hydrogens (tertiary/aromatic N) is 4. The summed E-state index contributed by atoms with van der Waals surface area (Å²) in [5.74, 6) is 0.355. The number of ether oxygens (including phenoxy) is 1. The average Bonchev–Trinajstić information content (AvgIpc) is 3.37.